The molecule has 0 unspecified atom stereocenters. The molecular weight excluding hydrogens is 234 g/mol. The van der Waals surface area contributed by atoms with Crippen LogP contribution < -0.4 is 10.6 Å². The number of aryl methyl sites for hydroxylation is 1. The quantitative estimate of drug-likeness (QED) is 0.863. The molecule has 0 aliphatic heterocycles. The first-order valence-electron chi connectivity index (χ1n) is 6.70. The molecule has 2 rings (SSSR count). The number of anilines is 1. The summed E-state index contributed by atoms with van der Waals surface area (Å²) in [5.74, 6) is 0. The lowest BCUT2D eigenvalue weighted by Crippen LogP contribution is -2.25. The Morgan fingerprint density at radius 3 is 2.63 bits per heavy atom. The summed E-state index contributed by atoms with van der Waals surface area (Å²) in [4.78, 5) is 6.43. The summed E-state index contributed by atoms with van der Waals surface area (Å²) in [6, 6.07) is 12.7. The molecule has 0 saturated carbocycles. The van der Waals surface area contributed by atoms with E-state index in [1.807, 2.05) is 12.4 Å². The number of hydrogen-bond donors (Lipinski definition) is 1. The van der Waals surface area contributed by atoms with Crippen LogP contribution in [0.5, 0.6) is 0 Å². The normalized spacial score (nSPS) is 10.4. The molecule has 0 saturated heterocycles. The Morgan fingerprint density at radius 1 is 1.16 bits per heavy atom. The lowest BCUT2D eigenvalue weighted by molar-refractivity contribution is 0.735. The van der Waals surface area contributed by atoms with E-state index in [1.54, 1.807) is 0 Å². The van der Waals surface area contributed by atoms with Crippen molar-refractivity contribution in [1.82, 2.24) is 4.98 Å². The molecule has 0 bridgehead atoms. The monoisotopic (exact) mass is 255 g/mol. The van der Waals surface area contributed by atoms with Gasteiger partial charge in [-0.3, -0.25) is 4.98 Å². The minimum Gasteiger partial charge on any atom is -0.367 e. The fourth-order valence-electron chi connectivity index (χ4n) is 2.11. The molecule has 100 valence electrons. The molecule has 2 N–H and O–H groups in total. The van der Waals surface area contributed by atoms with Crippen molar-refractivity contribution in [3.63, 3.8) is 0 Å². The topological polar surface area (TPSA) is 42.1 Å². The zero-order valence-electron chi connectivity index (χ0n) is 11.4. The minimum absolute atomic E-state index is 0.721. The van der Waals surface area contributed by atoms with Gasteiger partial charge in [0, 0.05) is 31.2 Å². The molecule has 0 aliphatic carbocycles. The third-order valence-electron chi connectivity index (χ3n) is 3.12. The highest BCUT2D eigenvalue weighted by Gasteiger charge is 2.07. The number of rotatable bonds is 6. The Bertz CT molecular complexity index is 496. The number of benzene rings is 1. The maximum atomic E-state index is 5.64. The molecule has 19 heavy (non-hydrogen) atoms. The molecule has 0 amide bonds. The van der Waals surface area contributed by atoms with Crippen molar-refractivity contribution in [1.29, 1.82) is 0 Å². The van der Waals surface area contributed by atoms with Crippen LogP contribution >= 0.6 is 0 Å². The fraction of sp³-hybridized carbons (Fsp3) is 0.312. The summed E-state index contributed by atoms with van der Waals surface area (Å²) in [7, 11) is 0. The minimum atomic E-state index is 0.721. The van der Waals surface area contributed by atoms with E-state index in [4.69, 9.17) is 5.73 Å². The van der Waals surface area contributed by atoms with Crippen molar-refractivity contribution in [2.24, 2.45) is 5.73 Å². The summed E-state index contributed by atoms with van der Waals surface area (Å²) in [6.45, 7) is 4.71. The summed E-state index contributed by atoms with van der Waals surface area (Å²) < 4.78 is 0. The van der Waals surface area contributed by atoms with Crippen LogP contribution in [0.25, 0.3) is 0 Å². The van der Waals surface area contributed by atoms with Gasteiger partial charge in [0.05, 0.1) is 0 Å². The second-order valence-electron chi connectivity index (χ2n) is 4.76. The Hall–Kier alpha value is -1.87. The van der Waals surface area contributed by atoms with E-state index in [-0.39, 0.29) is 0 Å². The predicted octanol–water partition coefficient (Wildman–Crippen LogP) is 2.75. The van der Waals surface area contributed by atoms with Crippen molar-refractivity contribution in [3.05, 3.63) is 59.9 Å². The van der Waals surface area contributed by atoms with E-state index < -0.39 is 0 Å². The zero-order chi connectivity index (χ0) is 13.5. The maximum Gasteiger partial charge on any atom is 0.0430 e. The van der Waals surface area contributed by atoms with E-state index in [0.29, 0.717) is 0 Å². The Labute approximate surface area is 115 Å². The summed E-state index contributed by atoms with van der Waals surface area (Å²) in [5, 5.41) is 0. The third-order valence-corrected chi connectivity index (χ3v) is 3.12. The predicted molar refractivity (Wildman–Crippen MR) is 80.1 cm³/mol. The van der Waals surface area contributed by atoms with Crippen molar-refractivity contribution in [2.75, 3.05) is 18.0 Å². The average molecular weight is 255 g/mol. The smallest absolute Gasteiger partial charge is 0.0430 e. The highest BCUT2D eigenvalue weighted by Crippen LogP contribution is 2.18. The number of pyridine rings is 1. The van der Waals surface area contributed by atoms with Crippen LogP contribution in [0.1, 0.15) is 17.5 Å². The van der Waals surface area contributed by atoms with Crippen molar-refractivity contribution < 1.29 is 0 Å². The van der Waals surface area contributed by atoms with Crippen LogP contribution in [0.3, 0.4) is 0 Å². The second-order valence-corrected chi connectivity index (χ2v) is 4.76. The van der Waals surface area contributed by atoms with Crippen LogP contribution in [0, 0.1) is 6.92 Å². The van der Waals surface area contributed by atoms with Crippen LogP contribution in [0.15, 0.2) is 48.8 Å². The molecule has 3 heteroatoms. The van der Waals surface area contributed by atoms with Crippen LogP contribution in [0.2, 0.25) is 0 Å². The van der Waals surface area contributed by atoms with Gasteiger partial charge in [-0.2, -0.15) is 0 Å². The molecule has 2 aromatic rings. The van der Waals surface area contributed by atoms with E-state index in [0.717, 1.165) is 26.1 Å². The summed E-state index contributed by atoms with van der Waals surface area (Å²) >= 11 is 0. The number of hydrogen-bond acceptors (Lipinski definition) is 3. The maximum absolute atomic E-state index is 5.64. The van der Waals surface area contributed by atoms with Crippen molar-refractivity contribution in [2.45, 2.75) is 19.9 Å². The lowest BCUT2D eigenvalue weighted by Gasteiger charge is -2.25. The van der Waals surface area contributed by atoms with Crippen LogP contribution in [0.4, 0.5) is 5.69 Å². The fourth-order valence-corrected chi connectivity index (χ4v) is 2.11. The molecule has 1 aromatic carbocycles. The Morgan fingerprint density at radius 2 is 1.95 bits per heavy atom. The van der Waals surface area contributed by atoms with Gasteiger partial charge in [0.15, 0.2) is 0 Å². The molecular formula is C16H21N3. The first kappa shape index (κ1) is 13.6. The standard InChI is InChI=1S/C16H21N3/c1-14-4-2-5-16(12-14)19(11-3-8-17)13-15-6-9-18-10-7-15/h2,4-7,9-10,12H,3,8,11,13,17H2,1H3. The highest BCUT2D eigenvalue weighted by molar-refractivity contribution is 5.48. The largest absolute Gasteiger partial charge is 0.367 e. The number of nitrogens with zero attached hydrogens (tertiary/aromatic N) is 2. The molecule has 0 spiro atoms. The van der Waals surface area contributed by atoms with Gasteiger partial charge in [-0.1, -0.05) is 12.1 Å². The first-order chi connectivity index (χ1) is 9.29. The first-order valence-corrected chi connectivity index (χ1v) is 6.70. The van der Waals surface area contributed by atoms with Gasteiger partial charge in [-0.25, -0.2) is 0 Å². The van der Waals surface area contributed by atoms with E-state index in [1.165, 1.54) is 16.8 Å². The van der Waals surface area contributed by atoms with E-state index >= 15 is 0 Å². The number of nitrogens with two attached hydrogens (primary N) is 1. The summed E-state index contributed by atoms with van der Waals surface area (Å²) in [6.07, 6.45) is 4.68. The van der Waals surface area contributed by atoms with Gasteiger partial charge < -0.3 is 10.6 Å². The van der Waals surface area contributed by atoms with Crippen LogP contribution in [-0.2, 0) is 6.54 Å². The van der Waals surface area contributed by atoms with E-state index in [2.05, 4.69) is 53.2 Å². The molecule has 0 radical (unpaired) electrons. The Kier molecular flexibility index (Phi) is 4.93. The summed E-state index contributed by atoms with van der Waals surface area (Å²) in [5.41, 5.74) is 9.45. The van der Waals surface area contributed by atoms with Crippen LogP contribution in [-0.4, -0.2) is 18.1 Å². The van der Waals surface area contributed by atoms with Crippen molar-refractivity contribution in [3.8, 4) is 0 Å². The molecule has 1 heterocycles. The van der Waals surface area contributed by atoms with Gasteiger partial charge in [0.2, 0.25) is 0 Å². The van der Waals surface area contributed by atoms with Crippen molar-refractivity contribution >= 4 is 5.69 Å². The van der Waals surface area contributed by atoms with E-state index in [9.17, 15) is 0 Å². The lowest BCUT2D eigenvalue weighted by atomic mass is 10.1. The molecule has 0 fully saturated rings. The van der Waals surface area contributed by atoms with Gasteiger partial charge in [-0.05, 0) is 55.3 Å². The Balaban J connectivity index is 2.16. The van der Waals surface area contributed by atoms with Gasteiger partial charge in [0.1, 0.15) is 0 Å². The third kappa shape index (κ3) is 4.07. The van der Waals surface area contributed by atoms with Gasteiger partial charge >= 0.3 is 0 Å². The second kappa shape index (κ2) is 6.90. The highest BCUT2D eigenvalue weighted by atomic mass is 15.1. The average Bonchev–Trinajstić information content (AvgIpc) is 2.44. The SMILES string of the molecule is Cc1cccc(N(CCCN)Cc2ccncc2)c1. The zero-order valence-corrected chi connectivity index (χ0v) is 11.4. The molecule has 0 atom stereocenters. The van der Waals surface area contributed by atoms with Gasteiger partial charge in [0.25, 0.3) is 0 Å². The van der Waals surface area contributed by atoms with Gasteiger partial charge in [-0.15, -0.1) is 0 Å². The number of aromatic nitrogens is 1. The molecule has 3 nitrogen and oxygen atoms in total. The molecule has 0 aliphatic rings. The molecule has 1 aromatic heterocycles.